The van der Waals surface area contributed by atoms with Crippen molar-refractivity contribution in [2.75, 3.05) is 0 Å². The van der Waals surface area contributed by atoms with Gasteiger partial charge in [0.25, 0.3) is 5.91 Å². The topological polar surface area (TPSA) is 55.4 Å². The minimum atomic E-state index is -0.846. The normalized spacial score (nSPS) is 12.7. The van der Waals surface area contributed by atoms with E-state index in [2.05, 4.69) is 5.32 Å². The summed E-state index contributed by atoms with van der Waals surface area (Å²) in [6, 6.07) is 3.69. The number of ether oxygens (including phenoxy) is 1. The molecule has 0 unspecified atom stereocenters. The number of carbonyl (C=O) groups is 2. The van der Waals surface area contributed by atoms with Gasteiger partial charge in [-0.25, -0.2) is 9.18 Å². The summed E-state index contributed by atoms with van der Waals surface area (Å²) in [6.45, 7) is 8.28. The number of rotatable bonds is 3. The van der Waals surface area contributed by atoms with Crippen LogP contribution in [0.4, 0.5) is 4.39 Å². The Labute approximate surface area is 118 Å². The third-order valence-electron chi connectivity index (χ3n) is 2.54. The number of aryl methyl sites for hydroxylation is 1. The first kappa shape index (κ1) is 16.1. The second-order valence-electron chi connectivity index (χ2n) is 5.67. The van der Waals surface area contributed by atoms with E-state index < -0.39 is 29.3 Å². The van der Waals surface area contributed by atoms with Crippen molar-refractivity contribution in [3.05, 3.63) is 35.1 Å². The number of esters is 1. The molecule has 110 valence electrons. The van der Waals surface area contributed by atoms with Gasteiger partial charge in [0.1, 0.15) is 17.5 Å². The molecule has 5 heteroatoms. The van der Waals surface area contributed by atoms with Gasteiger partial charge in [0.2, 0.25) is 0 Å². The van der Waals surface area contributed by atoms with Gasteiger partial charge in [0.05, 0.1) is 5.56 Å². The number of halogens is 1. The van der Waals surface area contributed by atoms with Crippen LogP contribution in [0.15, 0.2) is 18.2 Å². The lowest BCUT2D eigenvalue weighted by Crippen LogP contribution is -2.42. The molecule has 1 atom stereocenters. The van der Waals surface area contributed by atoms with Crippen molar-refractivity contribution in [1.29, 1.82) is 0 Å². The molecule has 1 N–H and O–H groups in total. The van der Waals surface area contributed by atoms with Crippen molar-refractivity contribution in [3.63, 3.8) is 0 Å². The molecule has 1 rings (SSSR count). The number of hydrogen-bond donors (Lipinski definition) is 1. The smallest absolute Gasteiger partial charge is 0.328 e. The van der Waals surface area contributed by atoms with Crippen molar-refractivity contribution in [3.8, 4) is 0 Å². The molecule has 4 nitrogen and oxygen atoms in total. The van der Waals surface area contributed by atoms with Crippen LogP contribution >= 0.6 is 0 Å². The Morgan fingerprint density at radius 3 is 2.45 bits per heavy atom. The molecule has 0 saturated carbocycles. The molecule has 1 amide bonds. The standard InChI is InChI=1S/C15H20FNO3/c1-9-7-6-8-11(12(9)16)13(18)17-10(2)14(19)20-15(3,4)5/h6-8,10H,1-5H3,(H,17,18)/t10-/m0/s1. The summed E-state index contributed by atoms with van der Waals surface area (Å²) in [4.78, 5) is 23.7. The van der Waals surface area contributed by atoms with E-state index in [1.54, 1.807) is 39.8 Å². The SMILES string of the molecule is Cc1cccc(C(=O)N[C@@H](C)C(=O)OC(C)(C)C)c1F. The van der Waals surface area contributed by atoms with Crippen LogP contribution in [0.3, 0.4) is 0 Å². The number of nitrogens with one attached hydrogen (secondary N) is 1. The zero-order valence-corrected chi connectivity index (χ0v) is 12.4. The van der Waals surface area contributed by atoms with Gasteiger partial charge >= 0.3 is 5.97 Å². The summed E-state index contributed by atoms with van der Waals surface area (Å²) in [5.74, 6) is -1.77. The zero-order chi connectivity index (χ0) is 15.5. The molecule has 0 aromatic heterocycles. The van der Waals surface area contributed by atoms with Gasteiger partial charge in [-0.3, -0.25) is 4.79 Å². The van der Waals surface area contributed by atoms with E-state index in [1.165, 1.54) is 13.0 Å². The van der Waals surface area contributed by atoms with Crippen LogP contribution < -0.4 is 5.32 Å². The highest BCUT2D eigenvalue weighted by Gasteiger charge is 2.24. The Kier molecular flexibility index (Phi) is 4.87. The molecule has 0 saturated heterocycles. The van der Waals surface area contributed by atoms with Gasteiger partial charge in [-0.2, -0.15) is 0 Å². The molecule has 20 heavy (non-hydrogen) atoms. The van der Waals surface area contributed by atoms with Crippen LogP contribution in [-0.2, 0) is 9.53 Å². The molecule has 0 aliphatic heterocycles. The first-order valence-electron chi connectivity index (χ1n) is 6.40. The van der Waals surface area contributed by atoms with Gasteiger partial charge in [0.15, 0.2) is 0 Å². The van der Waals surface area contributed by atoms with E-state index in [0.717, 1.165) is 0 Å². The lowest BCUT2D eigenvalue weighted by molar-refractivity contribution is -0.156. The second kappa shape index (κ2) is 6.03. The highest BCUT2D eigenvalue weighted by Crippen LogP contribution is 2.13. The van der Waals surface area contributed by atoms with Crippen molar-refractivity contribution >= 4 is 11.9 Å². The highest BCUT2D eigenvalue weighted by atomic mass is 19.1. The Morgan fingerprint density at radius 1 is 1.30 bits per heavy atom. The van der Waals surface area contributed by atoms with Gasteiger partial charge in [-0.1, -0.05) is 12.1 Å². The Hall–Kier alpha value is -1.91. The molecule has 0 aliphatic carbocycles. The number of benzene rings is 1. The van der Waals surface area contributed by atoms with Crippen LogP contribution in [0.25, 0.3) is 0 Å². The summed E-state index contributed by atoms with van der Waals surface area (Å²) < 4.78 is 18.9. The fourth-order valence-electron chi connectivity index (χ4n) is 1.55. The maximum atomic E-state index is 13.8. The second-order valence-corrected chi connectivity index (χ2v) is 5.67. The molecule has 0 fully saturated rings. The van der Waals surface area contributed by atoms with E-state index in [9.17, 15) is 14.0 Å². The predicted molar refractivity (Wildman–Crippen MR) is 73.9 cm³/mol. The molecule has 0 bridgehead atoms. The Balaban J connectivity index is 2.76. The monoisotopic (exact) mass is 281 g/mol. The third-order valence-corrected chi connectivity index (χ3v) is 2.54. The zero-order valence-electron chi connectivity index (χ0n) is 12.4. The van der Waals surface area contributed by atoms with Gasteiger partial charge in [-0.15, -0.1) is 0 Å². The minimum Gasteiger partial charge on any atom is -0.458 e. The maximum absolute atomic E-state index is 13.8. The first-order valence-corrected chi connectivity index (χ1v) is 6.40. The third kappa shape index (κ3) is 4.33. The van der Waals surface area contributed by atoms with E-state index >= 15 is 0 Å². The fourth-order valence-corrected chi connectivity index (χ4v) is 1.55. The lowest BCUT2D eigenvalue weighted by atomic mass is 10.1. The predicted octanol–water partition coefficient (Wildman–Crippen LogP) is 2.59. The summed E-state index contributed by atoms with van der Waals surface area (Å²) >= 11 is 0. The summed E-state index contributed by atoms with van der Waals surface area (Å²) in [6.07, 6.45) is 0. The quantitative estimate of drug-likeness (QED) is 0.866. The minimum absolute atomic E-state index is 0.0830. The summed E-state index contributed by atoms with van der Waals surface area (Å²) in [5.41, 5.74) is -0.340. The molecular formula is C15H20FNO3. The summed E-state index contributed by atoms with van der Waals surface area (Å²) in [7, 11) is 0. The Morgan fingerprint density at radius 2 is 1.90 bits per heavy atom. The molecule has 1 aromatic rings. The van der Waals surface area contributed by atoms with Crippen LogP contribution in [-0.4, -0.2) is 23.5 Å². The molecule has 0 aliphatic rings. The van der Waals surface area contributed by atoms with Gasteiger partial charge in [0, 0.05) is 0 Å². The highest BCUT2D eigenvalue weighted by molar-refractivity contribution is 5.97. The largest absolute Gasteiger partial charge is 0.458 e. The fraction of sp³-hybridized carbons (Fsp3) is 0.467. The van der Waals surface area contributed by atoms with Gasteiger partial charge < -0.3 is 10.1 Å². The van der Waals surface area contributed by atoms with Crippen LogP contribution in [0, 0.1) is 12.7 Å². The van der Waals surface area contributed by atoms with Crippen molar-refractivity contribution in [2.24, 2.45) is 0 Å². The van der Waals surface area contributed by atoms with E-state index in [-0.39, 0.29) is 5.56 Å². The lowest BCUT2D eigenvalue weighted by Gasteiger charge is -2.22. The van der Waals surface area contributed by atoms with Crippen molar-refractivity contribution in [2.45, 2.75) is 46.3 Å². The van der Waals surface area contributed by atoms with Crippen LogP contribution in [0.5, 0.6) is 0 Å². The van der Waals surface area contributed by atoms with Crippen molar-refractivity contribution in [1.82, 2.24) is 5.32 Å². The van der Waals surface area contributed by atoms with E-state index in [1.807, 2.05) is 0 Å². The Bertz CT molecular complexity index is 520. The average Bonchev–Trinajstić information content (AvgIpc) is 2.30. The number of amides is 1. The maximum Gasteiger partial charge on any atom is 0.328 e. The van der Waals surface area contributed by atoms with Crippen LogP contribution in [0.2, 0.25) is 0 Å². The number of carbonyl (C=O) groups excluding carboxylic acids is 2. The van der Waals surface area contributed by atoms with E-state index in [4.69, 9.17) is 4.74 Å². The molecule has 0 spiro atoms. The summed E-state index contributed by atoms with van der Waals surface area (Å²) in [5, 5.41) is 2.43. The van der Waals surface area contributed by atoms with Crippen molar-refractivity contribution < 1.29 is 18.7 Å². The molecular weight excluding hydrogens is 261 g/mol. The number of hydrogen-bond acceptors (Lipinski definition) is 3. The van der Waals surface area contributed by atoms with Crippen LogP contribution in [0.1, 0.15) is 43.6 Å². The average molecular weight is 281 g/mol. The first-order chi connectivity index (χ1) is 9.11. The molecule has 1 aromatic carbocycles. The van der Waals surface area contributed by atoms with Gasteiger partial charge in [-0.05, 0) is 46.2 Å². The van der Waals surface area contributed by atoms with E-state index in [0.29, 0.717) is 5.56 Å². The molecule has 0 radical (unpaired) electrons. The molecule has 0 heterocycles.